The summed E-state index contributed by atoms with van der Waals surface area (Å²) in [7, 11) is 0. The average molecular weight is 295 g/mol. The lowest BCUT2D eigenvalue weighted by Gasteiger charge is -2.44. The van der Waals surface area contributed by atoms with E-state index in [1.165, 1.54) is 84.0 Å². The van der Waals surface area contributed by atoms with Crippen LogP contribution in [0.4, 0.5) is 0 Å². The first-order valence-corrected chi connectivity index (χ1v) is 9.64. The molecule has 2 unspecified atom stereocenters. The van der Waals surface area contributed by atoms with Crippen molar-refractivity contribution in [2.75, 3.05) is 26.2 Å². The maximum Gasteiger partial charge on any atom is 0.00966 e. The van der Waals surface area contributed by atoms with Crippen LogP contribution in [-0.4, -0.2) is 37.1 Å². The molecule has 0 bridgehead atoms. The molecule has 2 saturated carbocycles. The molecule has 2 atom stereocenters. The van der Waals surface area contributed by atoms with Crippen molar-refractivity contribution in [1.29, 1.82) is 0 Å². The molecule has 0 aliphatic heterocycles. The number of nitrogens with zero attached hydrogens (tertiary/aromatic N) is 1. The van der Waals surface area contributed by atoms with E-state index in [0.717, 1.165) is 12.0 Å². The van der Waals surface area contributed by atoms with Gasteiger partial charge in [0.15, 0.2) is 0 Å². The Labute approximate surface area is 133 Å². The molecular formula is C19H38N2. The minimum atomic E-state index is 0.559. The van der Waals surface area contributed by atoms with Crippen LogP contribution in [0.25, 0.3) is 0 Å². The lowest BCUT2D eigenvalue weighted by Crippen LogP contribution is -2.47. The number of hydrogen-bond donors (Lipinski definition) is 1. The fourth-order valence-corrected chi connectivity index (χ4v) is 4.28. The average Bonchev–Trinajstić information content (AvgIpc) is 3.28. The Kier molecular flexibility index (Phi) is 7.01. The van der Waals surface area contributed by atoms with E-state index in [9.17, 15) is 0 Å². The van der Waals surface area contributed by atoms with Crippen LogP contribution in [0.5, 0.6) is 0 Å². The molecule has 0 radical (unpaired) electrons. The highest BCUT2D eigenvalue weighted by molar-refractivity contribution is 4.94. The fraction of sp³-hybridized carbons (Fsp3) is 1.00. The summed E-state index contributed by atoms with van der Waals surface area (Å²) in [6, 6.07) is 0.928. The maximum atomic E-state index is 3.76. The normalized spacial score (nSPS) is 30.0. The van der Waals surface area contributed by atoms with Crippen LogP contribution in [0.2, 0.25) is 0 Å². The molecule has 0 aromatic heterocycles. The summed E-state index contributed by atoms with van der Waals surface area (Å²) in [4.78, 5) is 2.86. The largest absolute Gasteiger partial charge is 0.316 e. The van der Waals surface area contributed by atoms with Crippen molar-refractivity contribution in [2.24, 2.45) is 11.3 Å². The number of unbranched alkanes of at least 4 members (excludes halogenated alkanes) is 1. The number of rotatable bonds is 10. The molecule has 2 aliphatic rings. The molecule has 124 valence electrons. The van der Waals surface area contributed by atoms with Gasteiger partial charge in [-0.1, -0.05) is 40.0 Å². The van der Waals surface area contributed by atoms with Crippen LogP contribution < -0.4 is 5.32 Å². The monoisotopic (exact) mass is 294 g/mol. The third-order valence-corrected chi connectivity index (χ3v) is 5.51. The first kappa shape index (κ1) is 17.3. The van der Waals surface area contributed by atoms with Crippen LogP contribution in [0.3, 0.4) is 0 Å². The van der Waals surface area contributed by atoms with E-state index in [-0.39, 0.29) is 0 Å². The molecule has 2 fully saturated rings. The highest BCUT2D eigenvalue weighted by Crippen LogP contribution is 2.41. The van der Waals surface area contributed by atoms with Gasteiger partial charge in [0, 0.05) is 19.1 Å². The van der Waals surface area contributed by atoms with E-state index in [1.807, 2.05) is 0 Å². The molecule has 0 saturated heterocycles. The zero-order valence-electron chi connectivity index (χ0n) is 14.8. The summed E-state index contributed by atoms with van der Waals surface area (Å²) in [5.74, 6) is 0.925. The Morgan fingerprint density at radius 3 is 2.57 bits per heavy atom. The minimum absolute atomic E-state index is 0.559. The Morgan fingerprint density at radius 1 is 1.14 bits per heavy atom. The van der Waals surface area contributed by atoms with E-state index in [4.69, 9.17) is 0 Å². The van der Waals surface area contributed by atoms with Gasteiger partial charge in [0.1, 0.15) is 0 Å². The summed E-state index contributed by atoms with van der Waals surface area (Å²) in [5, 5.41) is 3.76. The van der Waals surface area contributed by atoms with Gasteiger partial charge in [0.2, 0.25) is 0 Å². The van der Waals surface area contributed by atoms with E-state index in [2.05, 4.69) is 31.0 Å². The Bertz CT molecular complexity index is 287. The van der Waals surface area contributed by atoms with Gasteiger partial charge in [-0.3, -0.25) is 4.90 Å². The standard InChI is InChI=1S/C19H38N2/c1-4-6-13-21(18-9-10-18)16-19(15-20-12-5-2)11-7-8-17(3)14-19/h17-18,20H,4-16H2,1-3H3. The predicted octanol–water partition coefficient (Wildman–Crippen LogP) is 4.45. The van der Waals surface area contributed by atoms with Crippen molar-refractivity contribution in [1.82, 2.24) is 10.2 Å². The third-order valence-electron chi connectivity index (χ3n) is 5.51. The molecule has 2 rings (SSSR count). The second kappa shape index (κ2) is 8.53. The molecule has 1 N–H and O–H groups in total. The van der Waals surface area contributed by atoms with Crippen molar-refractivity contribution in [2.45, 2.75) is 84.6 Å². The topological polar surface area (TPSA) is 15.3 Å². The first-order valence-electron chi connectivity index (χ1n) is 9.64. The van der Waals surface area contributed by atoms with Gasteiger partial charge in [-0.2, -0.15) is 0 Å². The number of nitrogens with one attached hydrogen (secondary N) is 1. The summed E-state index contributed by atoms with van der Waals surface area (Å²) in [6.45, 7) is 12.2. The van der Waals surface area contributed by atoms with Crippen molar-refractivity contribution in [3.63, 3.8) is 0 Å². The van der Waals surface area contributed by atoms with Crippen LogP contribution in [0.1, 0.15) is 78.6 Å². The van der Waals surface area contributed by atoms with Crippen LogP contribution >= 0.6 is 0 Å². The maximum absolute atomic E-state index is 3.76. The van der Waals surface area contributed by atoms with Gasteiger partial charge in [-0.05, 0) is 62.9 Å². The zero-order valence-corrected chi connectivity index (χ0v) is 14.8. The molecule has 0 amide bonds. The zero-order chi connectivity index (χ0) is 15.1. The highest BCUT2D eigenvalue weighted by Gasteiger charge is 2.39. The van der Waals surface area contributed by atoms with Crippen molar-refractivity contribution >= 4 is 0 Å². The van der Waals surface area contributed by atoms with Gasteiger partial charge in [0.05, 0.1) is 0 Å². The first-order chi connectivity index (χ1) is 10.2. The van der Waals surface area contributed by atoms with E-state index in [0.29, 0.717) is 5.41 Å². The molecule has 2 heteroatoms. The van der Waals surface area contributed by atoms with Gasteiger partial charge in [0.25, 0.3) is 0 Å². The second-order valence-electron chi connectivity index (χ2n) is 7.93. The minimum Gasteiger partial charge on any atom is -0.316 e. The van der Waals surface area contributed by atoms with Gasteiger partial charge in [-0.15, -0.1) is 0 Å². The molecule has 0 spiro atoms. The molecular weight excluding hydrogens is 256 g/mol. The predicted molar refractivity (Wildman–Crippen MR) is 92.7 cm³/mol. The molecule has 0 aromatic rings. The van der Waals surface area contributed by atoms with Gasteiger partial charge in [-0.25, -0.2) is 0 Å². The lowest BCUT2D eigenvalue weighted by molar-refractivity contribution is 0.0752. The smallest absolute Gasteiger partial charge is 0.00966 e. The Morgan fingerprint density at radius 2 is 1.95 bits per heavy atom. The quantitative estimate of drug-likeness (QED) is 0.599. The third kappa shape index (κ3) is 5.56. The molecule has 21 heavy (non-hydrogen) atoms. The SMILES string of the molecule is CCCCN(CC1(CNCCC)CCCC(C)C1)C1CC1. The van der Waals surface area contributed by atoms with Crippen LogP contribution in [0, 0.1) is 11.3 Å². The van der Waals surface area contributed by atoms with Crippen LogP contribution in [-0.2, 0) is 0 Å². The van der Waals surface area contributed by atoms with E-state index in [1.54, 1.807) is 0 Å². The molecule has 0 heterocycles. The lowest BCUT2D eigenvalue weighted by atomic mass is 9.69. The van der Waals surface area contributed by atoms with Crippen LogP contribution in [0.15, 0.2) is 0 Å². The van der Waals surface area contributed by atoms with E-state index < -0.39 is 0 Å². The van der Waals surface area contributed by atoms with E-state index >= 15 is 0 Å². The second-order valence-corrected chi connectivity index (χ2v) is 7.93. The fourth-order valence-electron chi connectivity index (χ4n) is 4.28. The van der Waals surface area contributed by atoms with Crippen molar-refractivity contribution in [3.05, 3.63) is 0 Å². The van der Waals surface area contributed by atoms with Gasteiger partial charge < -0.3 is 5.32 Å². The molecule has 2 aliphatic carbocycles. The Balaban J connectivity index is 1.95. The number of hydrogen-bond acceptors (Lipinski definition) is 2. The summed E-state index contributed by atoms with van der Waals surface area (Å²) >= 11 is 0. The summed E-state index contributed by atoms with van der Waals surface area (Å²) in [5.41, 5.74) is 0.559. The molecule has 0 aromatic carbocycles. The Hall–Kier alpha value is -0.0800. The summed E-state index contributed by atoms with van der Waals surface area (Å²) < 4.78 is 0. The van der Waals surface area contributed by atoms with Crippen molar-refractivity contribution < 1.29 is 0 Å². The van der Waals surface area contributed by atoms with Crippen molar-refractivity contribution in [3.8, 4) is 0 Å². The summed E-state index contributed by atoms with van der Waals surface area (Å²) in [6.07, 6.45) is 12.7. The highest BCUT2D eigenvalue weighted by atomic mass is 15.2. The molecule has 2 nitrogen and oxygen atoms in total. The van der Waals surface area contributed by atoms with Gasteiger partial charge >= 0.3 is 0 Å².